The third kappa shape index (κ3) is 3.24. The van der Waals surface area contributed by atoms with E-state index in [4.69, 9.17) is 0 Å². The van der Waals surface area contributed by atoms with Crippen LogP contribution in [0, 0.1) is 6.92 Å². The predicted molar refractivity (Wildman–Crippen MR) is 101 cm³/mol. The van der Waals surface area contributed by atoms with Gasteiger partial charge in [0.15, 0.2) is 5.78 Å². The number of aryl methyl sites for hydroxylation is 1. The van der Waals surface area contributed by atoms with Gasteiger partial charge in [0.1, 0.15) is 17.2 Å². The van der Waals surface area contributed by atoms with Gasteiger partial charge < -0.3 is 26.0 Å². The van der Waals surface area contributed by atoms with E-state index in [1.165, 1.54) is 19.1 Å². The van der Waals surface area contributed by atoms with Crippen LogP contribution in [0.3, 0.4) is 0 Å². The van der Waals surface area contributed by atoms with Crippen LogP contribution in [-0.2, 0) is 4.79 Å². The molecule has 8 nitrogen and oxygen atoms in total. The van der Waals surface area contributed by atoms with Crippen LogP contribution >= 0.6 is 0 Å². The molecule has 146 valence electrons. The molecule has 5 N–H and O–H groups in total. The lowest BCUT2D eigenvalue weighted by Gasteiger charge is -2.23. The molecule has 0 aliphatic heterocycles. The molecule has 0 spiro atoms. The van der Waals surface area contributed by atoms with Gasteiger partial charge in [-0.05, 0) is 31.0 Å². The maximum absolute atomic E-state index is 13.1. The van der Waals surface area contributed by atoms with Crippen molar-refractivity contribution in [1.82, 2.24) is 5.32 Å². The number of fused-ring (bicyclic) bond motifs is 2. The van der Waals surface area contributed by atoms with Crippen molar-refractivity contribution in [2.75, 3.05) is 18.4 Å². The van der Waals surface area contributed by atoms with Crippen molar-refractivity contribution in [3.8, 4) is 17.2 Å². The van der Waals surface area contributed by atoms with Crippen molar-refractivity contribution < 1.29 is 29.7 Å². The van der Waals surface area contributed by atoms with Gasteiger partial charge in [0.2, 0.25) is 11.7 Å². The van der Waals surface area contributed by atoms with Crippen LogP contribution in [0.1, 0.15) is 50.8 Å². The minimum absolute atomic E-state index is 0.0151. The monoisotopic (exact) mass is 384 g/mol. The molecule has 2 aromatic rings. The Morgan fingerprint density at radius 3 is 2.25 bits per heavy atom. The highest BCUT2D eigenvalue weighted by atomic mass is 16.3. The van der Waals surface area contributed by atoms with E-state index in [1.54, 1.807) is 6.92 Å². The summed E-state index contributed by atoms with van der Waals surface area (Å²) in [5, 5.41) is 36.1. The van der Waals surface area contributed by atoms with Gasteiger partial charge in [-0.25, -0.2) is 0 Å². The predicted octanol–water partition coefficient (Wildman–Crippen LogP) is 1.83. The number of phenols is 3. The highest BCUT2D eigenvalue weighted by molar-refractivity contribution is 6.32. The number of amides is 1. The van der Waals surface area contributed by atoms with Crippen molar-refractivity contribution in [2.45, 2.75) is 20.3 Å². The number of hydrogen-bond acceptors (Lipinski definition) is 7. The Morgan fingerprint density at radius 1 is 0.893 bits per heavy atom. The maximum atomic E-state index is 13.1. The first kappa shape index (κ1) is 19.2. The summed E-state index contributed by atoms with van der Waals surface area (Å²) in [7, 11) is 0. The standard InChI is InChI=1S/C20H20N2O6/c1-9-6-11-15(12(24)7-9)20(28)16-13(25)8-14(26)18(17(16)19(11)27)22-5-3-4-21-10(2)23/h6-8,22,24-26H,3-5H2,1-2H3,(H,21,23). The van der Waals surface area contributed by atoms with E-state index in [-0.39, 0.29) is 45.3 Å². The molecule has 1 aliphatic carbocycles. The molecule has 0 saturated carbocycles. The van der Waals surface area contributed by atoms with Crippen molar-refractivity contribution in [2.24, 2.45) is 0 Å². The Labute approximate surface area is 160 Å². The molecule has 3 rings (SSSR count). The first-order chi connectivity index (χ1) is 13.2. The summed E-state index contributed by atoms with van der Waals surface area (Å²) in [5.74, 6) is -2.70. The van der Waals surface area contributed by atoms with E-state index in [0.717, 1.165) is 6.07 Å². The zero-order valence-electron chi connectivity index (χ0n) is 15.4. The number of nitrogens with one attached hydrogen (secondary N) is 2. The Kier molecular flexibility index (Phi) is 4.96. The third-order valence-corrected chi connectivity index (χ3v) is 4.50. The quantitative estimate of drug-likeness (QED) is 0.257. The van der Waals surface area contributed by atoms with E-state index < -0.39 is 17.3 Å². The van der Waals surface area contributed by atoms with Gasteiger partial charge in [0.05, 0.1) is 22.4 Å². The highest BCUT2D eigenvalue weighted by Crippen LogP contribution is 2.44. The molecule has 0 fully saturated rings. The Balaban J connectivity index is 2.03. The minimum atomic E-state index is -0.694. The molecule has 8 heteroatoms. The van der Waals surface area contributed by atoms with Gasteiger partial charge in [-0.1, -0.05) is 0 Å². The fraction of sp³-hybridized carbons (Fsp3) is 0.250. The summed E-state index contributed by atoms with van der Waals surface area (Å²) in [6, 6.07) is 3.84. The van der Waals surface area contributed by atoms with Crippen molar-refractivity contribution >= 4 is 23.2 Å². The van der Waals surface area contributed by atoms with E-state index in [0.29, 0.717) is 25.1 Å². The average molecular weight is 384 g/mol. The second-order valence-corrected chi connectivity index (χ2v) is 6.67. The van der Waals surface area contributed by atoms with Crippen molar-refractivity contribution in [3.05, 3.63) is 46.0 Å². The summed E-state index contributed by atoms with van der Waals surface area (Å²) in [6.07, 6.45) is 0.507. The van der Waals surface area contributed by atoms with Gasteiger partial charge in [-0.3, -0.25) is 14.4 Å². The molecule has 0 unspecified atom stereocenters. The van der Waals surface area contributed by atoms with Gasteiger partial charge in [-0.15, -0.1) is 0 Å². The number of ketones is 2. The SMILES string of the molecule is CC(=O)NCCCNc1c(O)cc(O)c2c1C(=O)c1cc(C)cc(O)c1C2=O. The molecule has 0 saturated heterocycles. The molecule has 0 heterocycles. The largest absolute Gasteiger partial charge is 0.507 e. The Bertz CT molecular complexity index is 1010. The molecule has 0 bridgehead atoms. The summed E-state index contributed by atoms with van der Waals surface area (Å²) >= 11 is 0. The van der Waals surface area contributed by atoms with Crippen molar-refractivity contribution in [1.29, 1.82) is 0 Å². The highest BCUT2D eigenvalue weighted by Gasteiger charge is 2.37. The fourth-order valence-corrected chi connectivity index (χ4v) is 3.30. The van der Waals surface area contributed by atoms with Crippen LogP contribution in [0.4, 0.5) is 5.69 Å². The zero-order chi connectivity index (χ0) is 20.6. The van der Waals surface area contributed by atoms with Crippen LogP contribution in [0.5, 0.6) is 17.2 Å². The van der Waals surface area contributed by atoms with Gasteiger partial charge in [-0.2, -0.15) is 0 Å². The van der Waals surface area contributed by atoms with Crippen LogP contribution in [-0.4, -0.2) is 45.9 Å². The molecule has 28 heavy (non-hydrogen) atoms. The molecule has 0 atom stereocenters. The van der Waals surface area contributed by atoms with Crippen LogP contribution in [0.2, 0.25) is 0 Å². The summed E-state index contributed by atoms with van der Waals surface area (Å²) in [4.78, 5) is 36.9. The minimum Gasteiger partial charge on any atom is -0.507 e. The van der Waals surface area contributed by atoms with Crippen LogP contribution in [0.15, 0.2) is 18.2 Å². The number of anilines is 1. The number of aromatic hydroxyl groups is 3. The maximum Gasteiger partial charge on any atom is 0.216 e. The number of rotatable bonds is 5. The molecule has 0 aromatic heterocycles. The molecule has 1 amide bonds. The molecule has 2 aromatic carbocycles. The lowest BCUT2D eigenvalue weighted by atomic mass is 9.81. The Hall–Kier alpha value is -3.55. The lowest BCUT2D eigenvalue weighted by Crippen LogP contribution is -2.25. The summed E-state index contributed by atoms with van der Waals surface area (Å²) < 4.78 is 0. The molecular weight excluding hydrogens is 364 g/mol. The lowest BCUT2D eigenvalue weighted by molar-refractivity contribution is -0.118. The van der Waals surface area contributed by atoms with E-state index in [9.17, 15) is 29.7 Å². The smallest absolute Gasteiger partial charge is 0.216 e. The first-order valence-corrected chi connectivity index (χ1v) is 8.72. The van der Waals surface area contributed by atoms with E-state index in [1.807, 2.05) is 0 Å². The topological polar surface area (TPSA) is 136 Å². The average Bonchev–Trinajstić information content (AvgIpc) is 2.59. The van der Waals surface area contributed by atoms with Crippen molar-refractivity contribution in [3.63, 3.8) is 0 Å². The Morgan fingerprint density at radius 2 is 1.57 bits per heavy atom. The third-order valence-electron chi connectivity index (χ3n) is 4.50. The van der Waals surface area contributed by atoms with E-state index in [2.05, 4.69) is 10.6 Å². The van der Waals surface area contributed by atoms with Gasteiger partial charge >= 0.3 is 0 Å². The fourth-order valence-electron chi connectivity index (χ4n) is 3.30. The van der Waals surface area contributed by atoms with E-state index >= 15 is 0 Å². The normalized spacial score (nSPS) is 12.4. The summed E-state index contributed by atoms with van der Waals surface area (Å²) in [6.45, 7) is 3.77. The molecule has 1 aliphatic rings. The number of phenolic OH excluding ortho intramolecular Hbond substituents is 3. The zero-order valence-corrected chi connectivity index (χ0v) is 15.4. The molecule has 0 radical (unpaired) electrons. The number of hydrogen-bond donors (Lipinski definition) is 5. The number of carbonyl (C=O) groups excluding carboxylic acids is 3. The summed E-state index contributed by atoms with van der Waals surface area (Å²) in [5.41, 5.74) is 0.0657. The van der Waals surface area contributed by atoms with Crippen LogP contribution in [0.25, 0.3) is 0 Å². The number of benzene rings is 2. The first-order valence-electron chi connectivity index (χ1n) is 8.72. The van der Waals surface area contributed by atoms with Gasteiger partial charge in [0.25, 0.3) is 0 Å². The second-order valence-electron chi connectivity index (χ2n) is 6.67. The molecular formula is C20H20N2O6. The van der Waals surface area contributed by atoms with Gasteiger partial charge in [0, 0.05) is 31.6 Å². The number of carbonyl (C=O) groups is 3. The second kappa shape index (κ2) is 7.22. The van der Waals surface area contributed by atoms with Crippen LogP contribution < -0.4 is 10.6 Å².